The summed E-state index contributed by atoms with van der Waals surface area (Å²) in [7, 11) is -2.23. The predicted octanol–water partition coefficient (Wildman–Crippen LogP) is 2.99. The molecule has 2 aromatic rings. The number of carbonyl (C=O) groups excluding carboxylic acids is 1. The first-order valence-corrected chi connectivity index (χ1v) is 9.79. The largest absolute Gasteiger partial charge is 0.465 e. The molecule has 5 nitrogen and oxygen atoms in total. The van der Waals surface area contributed by atoms with Gasteiger partial charge in [0.05, 0.1) is 25.0 Å². The molecule has 0 fully saturated rings. The van der Waals surface area contributed by atoms with Crippen molar-refractivity contribution in [2.24, 2.45) is 0 Å². The number of benzene rings is 2. The van der Waals surface area contributed by atoms with Crippen LogP contribution in [0.4, 0.5) is 0 Å². The molecule has 6 heteroatoms. The average Bonchev–Trinajstić information content (AvgIpc) is 2.59. The van der Waals surface area contributed by atoms with Crippen molar-refractivity contribution in [1.29, 1.82) is 0 Å². The topological polar surface area (TPSA) is 69.7 Å². The zero-order valence-electron chi connectivity index (χ0n) is 14.3. The maximum Gasteiger partial charge on any atom is 0.338 e. The van der Waals surface area contributed by atoms with E-state index >= 15 is 0 Å². The van der Waals surface area contributed by atoms with E-state index in [1.165, 1.54) is 7.11 Å². The lowest BCUT2D eigenvalue weighted by atomic mass is 9.98. The number of hydrogen-bond acceptors (Lipinski definition) is 5. The standard InChI is InChI=1S/C19H22O5S/c1-23-19(20)18-11-7-6-10-16(18)12-13-17(24-25(2,21)22)14-15-8-4-3-5-9-15/h3-11,17H,12-14H2,1-2H3. The minimum atomic E-state index is -3.57. The summed E-state index contributed by atoms with van der Waals surface area (Å²) in [6.45, 7) is 0. The van der Waals surface area contributed by atoms with Crippen LogP contribution in [0, 0.1) is 0 Å². The number of aryl methyl sites for hydroxylation is 1. The van der Waals surface area contributed by atoms with Crippen LogP contribution < -0.4 is 0 Å². The third-order valence-corrected chi connectivity index (χ3v) is 4.40. The molecular weight excluding hydrogens is 340 g/mol. The van der Waals surface area contributed by atoms with Crippen LogP contribution in [-0.2, 0) is 31.9 Å². The summed E-state index contributed by atoms with van der Waals surface area (Å²) in [5.41, 5.74) is 2.30. The SMILES string of the molecule is COC(=O)c1ccccc1CCC(Cc1ccccc1)OS(C)(=O)=O. The van der Waals surface area contributed by atoms with Gasteiger partial charge in [0.25, 0.3) is 10.1 Å². The van der Waals surface area contributed by atoms with Crippen LogP contribution in [0.5, 0.6) is 0 Å². The second kappa shape index (κ2) is 8.78. The van der Waals surface area contributed by atoms with Gasteiger partial charge in [0.1, 0.15) is 0 Å². The lowest BCUT2D eigenvalue weighted by Gasteiger charge is -2.17. The molecule has 134 valence electrons. The molecule has 1 atom stereocenters. The fraction of sp³-hybridized carbons (Fsp3) is 0.316. The molecule has 0 aliphatic carbocycles. The van der Waals surface area contributed by atoms with Crippen molar-refractivity contribution in [1.82, 2.24) is 0 Å². The molecule has 0 bridgehead atoms. The van der Waals surface area contributed by atoms with Crippen LogP contribution in [-0.4, -0.2) is 33.9 Å². The van der Waals surface area contributed by atoms with Gasteiger partial charge in [-0.15, -0.1) is 0 Å². The van der Waals surface area contributed by atoms with Crippen LogP contribution in [0.25, 0.3) is 0 Å². The zero-order chi connectivity index (χ0) is 18.3. The van der Waals surface area contributed by atoms with E-state index in [9.17, 15) is 13.2 Å². The lowest BCUT2D eigenvalue weighted by Crippen LogP contribution is -2.21. The van der Waals surface area contributed by atoms with Gasteiger partial charge in [0, 0.05) is 6.42 Å². The normalized spacial score (nSPS) is 12.6. The van der Waals surface area contributed by atoms with Gasteiger partial charge < -0.3 is 4.74 Å². The molecule has 0 aromatic heterocycles. The van der Waals surface area contributed by atoms with E-state index in [4.69, 9.17) is 8.92 Å². The molecule has 0 aliphatic rings. The van der Waals surface area contributed by atoms with Gasteiger partial charge in [-0.3, -0.25) is 4.18 Å². The highest BCUT2D eigenvalue weighted by atomic mass is 32.2. The van der Waals surface area contributed by atoms with Crippen LogP contribution in [0.2, 0.25) is 0 Å². The fourth-order valence-corrected chi connectivity index (χ4v) is 3.33. The summed E-state index contributed by atoms with van der Waals surface area (Å²) < 4.78 is 33.2. The summed E-state index contributed by atoms with van der Waals surface area (Å²) >= 11 is 0. The first kappa shape index (κ1) is 19.1. The second-order valence-electron chi connectivity index (χ2n) is 5.80. The first-order chi connectivity index (χ1) is 11.9. The number of carbonyl (C=O) groups is 1. The highest BCUT2D eigenvalue weighted by Crippen LogP contribution is 2.18. The van der Waals surface area contributed by atoms with E-state index in [-0.39, 0.29) is 0 Å². The molecule has 0 amide bonds. The lowest BCUT2D eigenvalue weighted by molar-refractivity contribution is 0.0599. The molecular formula is C19H22O5S. The predicted molar refractivity (Wildman–Crippen MR) is 96.0 cm³/mol. The minimum absolute atomic E-state index is 0.403. The van der Waals surface area contributed by atoms with Crippen molar-refractivity contribution in [3.63, 3.8) is 0 Å². The van der Waals surface area contributed by atoms with Gasteiger partial charge in [-0.2, -0.15) is 8.42 Å². The summed E-state index contributed by atoms with van der Waals surface area (Å²) in [4.78, 5) is 11.8. The van der Waals surface area contributed by atoms with Gasteiger partial charge in [0.15, 0.2) is 0 Å². The number of rotatable bonds is 8. The van der Waals surface area contributed by atoms with Crippen molar-refractivity contribution in [3.8, 4) is 0 Å². The number of esters is 1. The summed E-state index contributed by atoms with van der Waals surface area (Å²) in [6, 6.07) is 16.7. The van der Waals surface area contributed by atoms with Crippen molar-refractivity contribution < 1.29 is 22.1 Å². The summed E-state index contributed by atoms with van der Waals surface area (Å²) in [5.74, 6) is -0.403. The van der Waals surface area contributed by atoms with E-state index < -0.39 is 22.2 Å². The molecule has 0 radical (unpaired) electrons. The Labute approximate surface area is 148 Å². The summed E-state index contributed by atoms with van der Waals surface area (Å²) in [5, 5.41) is 0. The number of hydrogen-bond donors (Lipinski definition) is 0. The van der Waals surface area contributed by atoms with Gasteiger partial charge in [0.2, 0.25) is 0 Å². The molecule has 0 saturated heterocycles. The van der Waals surface area contributed by atoms with Crippen molar-refractivity contribution >= 4 is 16.1 Å². The van der Waals surface area contributed by atoms with Crippen LogP contribution >= 0.6 is 0 Å². The van der Waals surface area contributed by atoms with Gasteiger partial charge >= 0.3 is 5.97 Å². The second-order valence-corrected chi connectivity index (χ2v) is 7.40. The molecule has 1 unspecified atom stereocenters. The molecule has 2 rings (SSSR count). The monoisotopic (exact) mass is 362 g/mol. The van der Waals surface area contributed by atoms with E-state index in [2.05, 4.69) is 0 Å². The third-order valence-electron chi connectivity index (χ3n) is 3.78. The van der Waals surface area contributed by atoms with Gasteiger partial charge in [-0.25, -0.2) is 4.79 Å². The van der Waals surface area contributed by atoms with E-state index in [1.54, 1.807) is 12.1 Å². The van der Waals surface area contributed by atoms with Crippen molar-refractivity contribution in [2.75, 3.05) is 13.4 Å². The van der Waals surface area contributed by atoms with Crippen LogP contribution in [0.15, 0.2) is 54.6 Å². The van der Waals surface area contributed by atoms with Gasteiger partial charge in [-0.05, 0) is 30.0 Å². The van der Waals surface area contributed by atoms with E-state index in [1.807, 2.05) is 42.5 Å². The quantitative estimate of drug-likeness (QED) is 0.533. The number of methoxy groups -OCH3 is 1. The molecule has 0 saturated carbocycles. The Morgan fingerprint density at radius 1 is 1.04 bits per heavy atom. The summed E-state index contributed by atoms with van der Waals surface area (Å²) in [6.07, 6.45) is 2.01. The van der Waals surface area contributed by atoms with Gasteiger partial charge in [-0.1, -0.05) is 48.5 Å². The van der Waals surface area contributed by atoms with E-state index in [0.717, 1.165) is 17.4 Å². The molecule has 0 N–H and O–H groups in total. The molecule has 0 heterocycles. The smallest absolute Gasteiger partial charge is 0.338 e. The Kier molecular flexibility index (Phi) is 6.73. The Balaban J connectivity index is 2.13. The zero-order valence-corrected chi connectivity index (χ0v) is 15.2. The Morgan fingerprint density at radius 2 is 1.68 bits per heavy atom. The van der Waals surface area contributed by atoms with Crippen LogP contribution in [0.1, 0.15) is 27.9 Å². The van der Waals surface area contributed by atoms with Crippen molar-refractivity contribution in [2.45, 2.75) is 25.4 Å². The third kappa shape index (κ3) is 6.32. The fourth-order valence-electron chi connectivity index (χ4n) is 2.67. The first-order valence-electron chi connectivity index (χ1n) is 7.97. The maximum absolute atomic E-state index is 11.8. The van der Waals surface area contributed by atoms with Crippen molar-refractivity contribution in [3.05, 3.63) is 71.3 Å². The molecule has 0 aliphatic heterocycles. The van der Waals surface area contributed by atoms with E-state index in [0.29, 0.717) is 24.8 Å². The minimum Gasteiger partial charge on any atom is -0.465 e. The highest BCUT2D eigenvalue weighted by molar-refractivity contribution is 7.86. The Hall–Kier alpha value is -2.18. The van der Waals surface area contributed by atoms with Crippen LogP contribution in [0.3, 0.4) is 0 Å². The molecule has 25 heavy (non-hydrogen) atoms. The Bertz CT molecular complexity index is 800. The number of ether oxygens (including phenoxy) is 1. The highest BCUT2D eigenvalue weighted by Gasteiger charge is 2.18. The Morgan fingerprint density at radius 3 is 2.32 bits per heavy atom. The molecule has 2 aromatic carbocycles. The molecule has 0 spiro atoms. The maximum atomic E-state index is 11.8. The average molecular weight is 362 g/mol.